The molecule has 48 valence electrons. The Hall–Kier alpha value is 0.520. The fraction of sp³-hybridized carbons (Fsp3) is 0. The van der Waals surface area contributed by atoms with Crippen LogP contribution >= 0.6 is 47.8 Å². The van der Waals surface area contributed by atoms with E-state index in [0.717, 1.165) is 8.95 Å². The maximum atomic E-state index is 3.73. The van der Waals surface area contributed by atoms with Gasteiger partial charge < -0.3 is 0 Å². The van der Waals surface area contributed by atoms with E-state index in [4.69, 9.17) is 0 Å². The standard InChI is InChI=1S/C4HBr3N2/c5-2-1-8-9-4(7)3(2)6/h1H. The number of nitrogens with zero attached hydrogens (tertiary/aromatic N) is 2. The third-order valence-electron chi connectivity index (χ3n) is 0.707. The normalized spacial score (nSPS) is 9.67. The molecular formula is C4HBr3N2. The molecule has 0 amide bonds. The molecule has 0 atom stereocenters. The number of halogens is 3. The highest BCUT2D eigenvalue weighted by Crippen LogP contribution is 2.26. The van der Waals surface area contributed by atoms with Gasteiger partial charge in [0.15, 0.2) is 0 Å². The van der Waals surface area contributed by atoms with Crippen molar-refractivity contribution < 1.29 is 0 Å². The molecule has 0 radical (unpaired) electrons. The molecular weight excluding hydrogens is 316 g/mol. The van der Waals surface area contributed by atoms with Crippen LogP contribution in [0.2, 0.25) is 0 Å². The van der Waals surface area contributed by atoms with Crippen LogP contribution in [0.15, 0.2) is 19.7 Å². The molecule has 0 unspecified atom stereocenters. The Labute approximate surface area is 77.4 Å². The van der Waals surface area contributed by atoms with Crippen LogP contribution in [-0.4, -0.2) is 10.2 Å². The zero-order valence-corrected chi connectivity index (χ0v) is 8.86. The lowest BCUT2D eigenvalue weighted by molar-refractivity contribution is 0.987. The first-order chi connectivity index (χ1) is 4.22. The second kappa shape index (κ2) is 3.07. The van der Waals surface area contributed by atoms with Crippen molar-refractivity contribution in [3.8, 4) is 0 Å². The Morgan fingerprint density at radius 1 is 1.22 bits per heavy atom. The minimum atomic E-state index is 0.705. The first-order valence-corrected chi connectivity index (χ1v) is 4.42. The lowest BCUT2D eigenvalue weighted by atomic mass is 10.6. The summed E-state index contributed by atoms with van der Waals surface area (Å²) in [4.78, 5) is 0. The van der Waals surface area contributed by atoms with Gasteiger partial charge in [-0.2, -0.15) is 5.10 Å². The van der Waals surface area contributed by atoms with Gasteiger partial charge in [0, 0.05) is 0 Å². The van der Waals surface area contributed by atoms with Crippen LogP contribution in [-0.2, 0) is 0 Å². The number of hydrogen-bond donors (Lipinski definition) is 0. The smallest absolute Gasteiger partial charge is 0.144 e. The molecule has 0 saturated heterocycles. The summed E-state index contributed by atoms with van der Waals surface area (Å²) in [5.41, 5.74) is 0. The quantitative estimate of drug-likeness (QED) is 0.735. The summed E-state index contributed by atoms with van der Waals surface area (Å²) in [6.45, 7) is 0. The van der Waals surface area contributed by atoms with Crippen LogP contribution in [0.25, 0.3) is 0 Å². The van der Waals surface area contributed by atoms with E-state index < -0.39 is 0 Å². The zero-order chi connectivity index (χ0) is 6.85. The third-order valence-corrected chi connectivity index (χ3v) is 3.73. The highest BCUT2D eigenvalue weighted by molar-refractivity contribution is 9.14. The Balaban J connectivity index is 3.25. The van der Waals surface area contributed by atoms with Crippen molar-refractivity contribution in [2.45, 2.75) is 0 Å². The van der Waals surface area contributed by atoms with Crippen molar-refractivity contribution in [3.63, 3.8) is 0 Å². The van der Waals surface area contributed by atoms with Gasteiger partial charge in [0.1, 0.15) is 4.60 Å². The molecule has 2 nitrogen and oxygen atoms in total. The molecule has 1 aromatic rings. The van der Waals surface area contributed by atoms with E-state index in [1.807, 2.05) is 0 Å². The molecule has 0 saturated carbocycles. The minimum absolute atomic E-state index is 0.705. The van der Waals surface area contributed by atoms with E-state index in [9.17, 15) is 0 Å². The Morgan fingerprint density at radius 3 is 2.33 bits per heavy atom. The van der Waals surface area contributed by atoms with Crippen LogP contribution in [0.5, 0.6) is 0 Å². The van der Waals surface area contributed by atoms with Gasteiger partial charge >= 0.3 is 0 Å². The summed E-state index contributed by atoms with van der Waals surface area (Å²) in [5.74, 6) is 0. The molecule has 0 spiro atoms. The molecule has 0 aliphatic rings. The summed E-state index contributed by atoms with van der Waals surface area (Å²) < 4.78 is 2.48. The third kappa shape index (κ3) is 1.72. The molecule has 5 heteroatoms. The predicted octanol–water partition coefficient (Wildman–Crippen LogP) is 2.76. The van der Waals surface area contributed by atoms with Gasteiger partial charge in [-0.1, -0.05) is 0 Å². The lowest BCUT2D eigenvalue weighted by Gasteiger charge is -1.93. The maximum absolute atomic E-state index is 3.73. The van der Waals surface area contributed by atoms with Crippen LogP contribution < -0.4 is 0 Å². The summed E-state index contributed by atoms with van der Waals surface area (Å²) in [6.07, 6.45) is 1.62. The van der Waals surface area contributed by atoms with Gasteiger partial charge in [0.25, 0.3) is 0 Å². The highest BCUT2D eigenvalue weighted by Gasteiger charge is 2.00. The molecule has 0 bridgehead atoms. The van der Waals surface area contributed by atoms with Gasteiger partial charge in [-0.05, 0) is 47.8 Å². The molecule has 1 heterocycles. The summed E-state index contributed by atoms with van der Waals surface area (Å²) in [7, 11) is 0. The van der Waals surface area contributed by atoms with Crippen molar-refractivity contribution in [3.05, 3.63) is 19.7 Å². The average molecular weight is 317 g/mol. The van der Waals surface area contributed by atoms with E-state index in [1.54, 1.807) is 6.20 Å². The first-order valence-electron chi connectivity index (χ1n) is 2.04. The van der Waals surface area contributed by atoms with Crippen molar-refractivity contribution in [1.29, 1.82) is 0 Å². The van der Waals surface area contributed by atoms with Gasteiger partial charge in [0.2, 0.25) is 0 Å². The van der Waals surface area contributed by atoms with Crippen LogP contribution in [0.3, 0.4) is 0 Å². The maximum Gasteiger partial charge on any atom is 0.144 e. The molecule has 0 aliphatic carbocycles. The predicted molar refractivity (Wildman–Crippen MR) is 45.1 cm³/mol. The van der Waals surface area contributed by atoms with E-state index >= 15 is 0 Å². The Kier molecular flexibility index (Phi) is 2.60. The largest absolute Gasteiger partial charge is 0.157 e. The number of rotatable bonds is 0. The zero-order valence-electron chi connectivity index (χ0n) is 4.11. The second-order valence-electron chi connectivity index (χ2n) is 1.30. The number of aromatic nitrogens is 2. The van der Waals surface area contributed by atoms with Gasteiger partial charge in [-0.25, -0.2) is 0 Å². The van der Waals surface area contributed by atoms with Gasteiger partial charge in [-0.15, -0.1) is 5.10 Å². The Morgan fingerprint density at radius 2 is 1.89 bits per heavy atom. The fourth-order valence-corrected chi connectivity index (χ4v) is 1.36. The highest BCUT2D eigenvalue weighted by atomic mass is 79.9. The molecule has 0 aromatic carbocycles. The topological polar surface area (TPSA) is 25.8 Å². The van der Waals surface area contributed by atoms with Gasteiger partial charge in [0.05, 0.1) is 15.1 Å². The monoisotopic (exact) mass is 314 g/mol. The first kappa shape index (κ1) is 7.63. The number of hydrogen-bond acceptors (Lipinski definition) is 2. The molecule has 0 fully saturated rings. The van der Waals surface area contributed by atoms with Crippen molar-refractivity contribution in [2.24, 2.45) is 0 Å². The van der Waals surface area contributed by atoms with Crippen molar-refractivity contribution >= 4 is 47.8 Å². The van der Waals surface area contributed by atoms with Gasteiger partial charge in [-0.3, -0.25) is 0 Å². The molecule has 0 aliphatic heterocycles. The summed E-state index contributed by atoms with van der Waals surface area (Å²) >= 11 is 9.74. The Bertz CT molecular complexity index is 205. The van der Waals surface area contributed by atoms with E-state index in [-0.39, 0.29) is 0 Å². The van der Waals surface area contributed by atoms with Crippen LogP contribution in [0.4, 0.5) is 0 Å². The van der Waals surface area contributed by atoms with Crippen LogP contribution in [0, 0.1) is 0 Å². The molecule has 1 rings (SSSR count). The van der Waals surface area contributed by atoms with Crippen LogP contribution in [0.1, 0.15) is 0 Å². The van der Waals surface area contributed by atoms with Crippen molar-refractivity contribution in [1.82, 2.24) is 10.2 Å². The van der Waals surface area contributed by atoms with Crippen molar-refractivity contribution in [2.75, 3.05) is 0 Å². The molecule has 0 N–H and O–H groups in total. The second-order valence-corrected chi connectivity index (χ2v) is 3.70. The van der Waals surface area contributed by atoms with E-state index in [2.05, 4.69) is 58.0 Å². The summed E-state index contributed by atoms with van der Waals surface area (Å²) in [5, 5.41) is 7.40. The van der Waals surface area contributed by atoms with E-state index in [1.165, 1.54) is 0 Å². The fourth-order valence-electron chi connectivity index (χ4n) is 0.329. The molecule has 1 aromatic heterocycles. The minimum Gasteiger partial charge on any atom is -0.157 e. The molecule has 9 heavy (non-hydrogen) atoms. The SMILES string of the molecule is Brc1cnnc(Br)c1Br. The summed E-state index contributed by atoms with van der Waals surface area (Å²) in [6, 6.07) is 0. The van der Waals surface area contributed by atoms with E-state index in [0.29, 0.717) is 4.60 Å². The average Bonchev–Trinajstić information content (AvgIpc) is 1.83. The lowest BCUT2D eigenvalue weighted by Crippen LogP contribution is -1.82.